The van der Waals surface area contributed by atoms with Crippen LogP contribution in [-0.2, 0) is 0 Å². The maximum atomic E-state index is 11.3. The molecule has 0 amide bonds. The Balaban J connectivity index is 2.25. The standard InChI is InChI=1S/C16H12N4O4/c1-9-18-19-14(10-2-4-17-5-3-10)20(9)13-7-11(15(21)22)6-12(8-13)16(23)24/h2-8H,1H3,(H,21,22)(H,23,24). The lowest BCUT2D eigenvalue weighted by Gasteiger charge is -2.11. The van der Waals surface area contributed by atoms with Gasteiger partial charge in [-0.3, -0.25) is 9.55 Å². The van der Waals surface area contributed by atoms with Gasteiger partial charge in [0, 0.05) is 18.0 Å². The summed E-state index contributed by atoms with van der Waals surface area (Å²) in [5, 5.41) is 26.6. The molecule has 2 N–H and O–H groups in total. The maximum Gasteiger partial charge on any atom is 0.335 e. The minimum Gasteiger partial charge on any atom is -0.478 e. The van der Waals surface area contributed by atoms with Crippen molar-refractivity contribution in [1.29, 1.82) is 0 Å². The van der Waals surface area contributed by atoms with E-state index in [0.29, 0.717) is 17.3 Å². The van der Waals surface area contributed by atoms with Crippen LogP contribution in [0, 0.1) is 6.92 Å². The number of rotatable bonds is 4. The summed E-state index contributed by atoms with van der Waals surface area (Å²) >= 11 is 0. The Kier molecular flexibility index (Phi) is 3.78. The SMILES string of the molecule is Cc1nnc(-c2ccncc2)n1-c1cc(C(=O)O)cc(C(=O)O)c1. The second-order valence-corrected chi connectivity index (χ2v) is 5.02. The first-order valence-corrected chi connectivity index (χ1v) is 6.92. The predicted molar refractivity (Wildman–Crippen MR) is 83.2 cm³/mol. The number of aromatic carboxylic acids is 2. The van der Waals surface area contributed by atoms with Crippen molar-refractivity contribution in [3.8, 4) is 17.1 Å². The number of carboxylic acid groups (broad SMARTS) is 2. The third-order valence-corrected chi connectivity index (χ3v) is 3.43. The fourth-order valence-corrected chi connectivity index (χ4v) is 2.35. The van der Waals surface area contributed by atoms with Crippen LogP contribution in [0.3, 0.4) is 0 Å². The third kappa shape index (κ3) is 2.72. The van der Waals surface area contributed by atoms with E-state index in [1.165, 1.54) is 12.1 Å². The summed E-state index contributed by atoms with van der Waals surface area (Å²) in [5.74, 6) is -1.46. The molecule has 0 fully saturated rings. The normalized spacial score (nSPS) is 10.5. The summed E-state index contributed by atoms with van der Waals surface area (Å²) in [6, 6.07) is 7.35. The Labute approximate surface area is 136 Å². The van der Waals surface area contributed by atoms with Gasteiger partial charge in [0.1, 0.15) is 5.82 Å². The van der Waals surface area contributed by atoms with Crippen molar-refractivity contribution >= 4 is 11.9 Å². The molecule has 0 aliphatic heterocycles. The first-order chi connectivity index (χ1) is 11.5. The fourth-order valence-electron chi connectivity index (χ4n) is 2.35. The molecule has 3 rings (SSSR count). The molecule has 0 atom stereocenters. The maximum absolute atomic E-state index is 11.3. The molecule has 24 heavy (non-hydrogen) atoms. The van der Waals surface area contributed by atoms with Gasteiger partial charge in [-0.25, -0.2) is 9.59 Å². The van der Waals surface area contributed by atoms with E-state index in [4.69, 9.17) is 0 Å². The van der Waals surface area contributed by atoms with Crippen LogP contribution < -0.4 is 0 Å². The van der Waals surface area contributed by atoms with Crippen molar-refractivity contribution in [1.82, 2.24) is 19.7 Å². The van der Waals surface area contributed by atoms with E-state index in [2.05, 4.69) is 15.2 Å². The van der Waals surface area contributed by atoms with Crippen molar-refractivity contribution in [2.45, 2.75) is 6.92 Å². The highest BCUT2D eigenvalue weighted by Gasteiger charge is 2.17. The van der Waals surface area contributed by atoms with Crippen LogP contribution >= 0.6 is 0 Å². The third-order valence-electron chi connectivity index (χ3n) is 3.43. The van der Waals surface area contributed by atoms with Gasteiger partial charge in [-0.2, -0.15) is 0 Å². The lowest BCUT2D eigenvalue weighted by molar-refractivity contribution is 0.0696. The number of nitrogens with zero attached hydrogens (tertiary/aromatic N) is 4. The number of carboxylic acids is 2. The largest absolute Gasteiger partial charge is 0.478 e. The summed E-state index contributed by atoms with van der Waals surface area (Å²) < 4.78 is 1.61. The lowest BCUT2D eigenvalue weighted by Crippen LogP contribution is -2.07. The van der Waals surface area contributed by atoms with Crippen LogP contribution in [0.15, 0.2) is 42.7 Å². The van der Waals surface area contributed by atoms with E-state index < -0.39 is 11.9 Å². The zero-order valence-corrected chi connectivity index (χ0v) is 12.5. The number of benzene rings is 1. The molecule has 0 saturated heterocycles. The Morgan fingerprint density at radius 1 is 0.958 bits per heavy atom. The molecule has 0 aliphatic rings. The monoisotopic (exact) mass is 324 g/mol. The molecular formula is C16H12N4O4. The van der Waals surface area contributed by atoms with Crippen LogP contribution in [-0.4, -0.2) is 41.9 Å². The quantitative estimate of drug-likeness (QED) is 0.753. The smallest absolute Gasteiger partial charge is 0.335 e. The molecule has 8 heteroatoms. The van der Waals surface area contributed by atoms with Crippen molar-refractivity contribution in [3.05, 3.63) is 59.7 Å². The van der Waals surface area contributed by atoms with Crippen LogP contribution in [0.25, 0.3) is 17.1 Å². The molecule has 0 spiro atoms. The van der Waals surface area contributed by atoms with Crippen LogP contribution in [0.4, 0.5) is 0 Å². The van der Waals surface area contributed by atoms with Gasteiger partial charge >= 0.3 is 11.9 Å². The van der Waals surface area contributed by atoms with E-state index in [0.717, 1.165) is 11.6 Å². The predicted octanol–water partition coefficient (Wildman–Crippen LogP) is 2.03. The topological polar surface area (TPSA) is 118 Å². The Hall–Kier alpha value is -3.55. The second kappa shape index (κ2) is 5.92. The summed E-state index contributed by atoms with van der Waals surface area (Å²) in [4.78, 5) is 26.5. The number of hydrogen-bond donors (Lipinski definition) is 2. The van der Waals surface area contributed by atoms with Gasteiger partial charge in [-0.1, -0.05) is 0 Å². The summed E-state index contributed by atoms with van der Waals surface area (Å²) in [6.07, 6.45) is 3.19. The highest BCUT2D eigenvalue weighted by molar-refractivity contribution is 5.94. The molecular weight excluding hydrogens is 312 g/mol. The first kappa shape index (κ1) is 15.3. The summed E-state index contributed by atoms with van der Waals surface area (Å²) in [7, 11) is 0. The molecule has 0 aliphatic carbocycles. The molecule has 2 heterocycles. The molecule has 8 nitrogen and oxygen atoms in total. The van der Waals surface area contributed by atoms with Gasteiger partial charge < -0.3 is 10.2 Å². The number of carbonyl (C=O) groups is 2. The Bertz CT molecular complexity index is 902. The average molecular weight is 324 g/mol. The fraction of sp³-hybridized carbons (Fsp3) is 0.0625. The summed E-state index contributed by atoms with van der Waals surface area (Å²) in [6.45, 7) is 1.70. The molecule has 0 bridgehead atoms. The second-order valence-electron chi connectivity index (χ2n) is 5.02. The van der Waals surface area contributed by atoms with Gasteiger partial charge in [0.05, 0.1) is 16.8 Å². The number of aromatic nitrogens is 4. The van der Waals surface area contributed by atoms with E-state index >= 15 is 0 Å². The van der Waals surface area contributed by atoms with Gasteiger partial charge in [0.2, 0.25) is 0 Å². The molecule has 0 unspecified atom stereocenters. The van der Waals surface area contributed by atoms with Crippen LogP contribution in [0.5, 0.6) is 0 Å². The Morgan fingerprint density at radius 2 is 1.54 bits per heavy atom. The highest BCUT2D eigenvalue weighted by Crippen LogP contribution is 2.24. The minimum absolute atomic E-state index is 0.126. The van der Waals surface area contributed by atoms with Gasteiger partial charge in [-0.05, 0) is 37.3 Å². The van der Waals surface area contributed by atoms with E-state index in [1.54, 1.807) is 36.0 Å². The molecule has 0 saturated carbocycles. The number of hydrogen-bond acceptors (Lipinski definition) is 5. The van der Waals surface area contributed by atoms with Crippen molar-refractivity contribution in [2.75, 3.05) is 0 Å². The molecule has 2 aromatic heterocycles. The van der Waals surface area contributed by atoms with Crippen molar-refractivity contribution in [3.63, 3.8) is 0 Å². The zero-order valence-electron chi connectivity index (χ0n) is 12.5. The molecule has 3 aromatic rings. The lowest BCUT2D eigenvalue weighted by atomic mass is 10.1. The van der Waals surface area contributed by atoms with Gasteiger partial charge in [0.25, 0.3) is 0 Å². The van der Waals surface area contributed by atoms with E-state index in [9.17, 15) is 19.8 Å². The van der Waals surface area contributed by atoms with Crippen LogP contribution in [0.1, 0.15) is 26.5 Å². The van der Waals surface area contributed by atoms with Crippen LogP contribution in [0.2, 0.25) is 0 Å². The molecule has 120 valence electrons. The van der Waals surface area contributed by atoms with E-state index in [1.807, 2.05) is 0 Å². The van der Waals surface area contributed by atoms with Crippen molar-refractivity contribution < 1.29 is 19.8 Å². The first-order valence-electron chi connectivity index (χ1n) is 6.92. The van der Waals surface area contributed by atoms with E-state index in [-0.39, 0.29) is 11.1 Å². The zero-order chi connectivity index (χ0) is 17.3. The van der Waals surface area contributed by atoms with Gasteiger partial charge in [0.15, 0.2) is 5.82 Å². The molecule has 0 radical (unpaired) electrons. The Morgan fingerprint density at radius 3 is 2.08 bits per heavy atom. The number of pyridine rings is 1. The average Bonchev–Trinajstić information content (AvgIpc) is 2.96. The van der Waals surface area contributed by atoms with Crippen molar-refractivity contribution in [2.24, 2.45) is 0 Å². The van der Waals surface area contributed by atoms with Gasteiger partial charge in [-0.15, -0.1) is 10.2 Å². The molecule has 1 aromatic carbocycles. The number of aryl methyl sites for hydroxylation is 1. The summed E-state index contributed by atoms with van der Waals surface area (Å²) in [5.41, 5.74) is 0.835. The minimum atomic E-state index is -1.21. The highest BCUT2D eigenvalue weighted by atomic mass is 16.4.